The summed E-state index contributed by atoms with van der Waals surface area (Å²) >= 11 is 0. The van der Waals surface area contributed by atoms with E-state index in [1.807, 2.05) is 6.92 Å². The first-order valence-corrected chi connectivity index (χ1v) is 10.8. The molecule has 0 heterocycles. The van der Waals surface area contributed by atoms with E-state index < -0.39 is 47.9 Å². The summed E-state index contributed by atoms with van der Waals surface area (Å²) in [5, 5.41) is 16.7. The van der Waals surface area contributed by atoms with Gasteiger partial charge in [0.05, 0.1) is 6.04 Å². The van der Waals surface area contributed by atoms with Crippen LogP contribution < -0.4 is 33.2 Å². The summed E-state index contributed by atoms with van der Waals surface area (Å²) in [6.07, 6.45) is 1.40. The molecule has 3 amide bonds. The van der Waals surface area contributed by atoms with E-state index in [4.69, 9.17) is 22.3 Å². The SMILES string of the molecule is CCC(C)C(NC(=O)C(N)CCCN=C(N)N)C(=O)NC(C(=O)NC(C)C(=O)O)C(C)C. The summed E-state index contributed by atoms with van der Waals surface area (Å²) in [7, 11) is 0. The molecule has 0 radical (unpaired) electrons. The van der Waals surface area contributed by atoms with Crippen LogP contribution in [0.5, 0.6) is 0 Å². The average molecular weight is 458 g/mol. The zero-order chi connectivity index (χ0) is 25.0. The first-order valence-electron chi connectivity index (χ1n) is 10.8. The number of carbonyl (C=O) groups excluding carboxylic acids is 3. The number of nitrogens with zero attached hydrogens (tertiary/aromatic N) is 1. The van der Waals surface area contributed by atoms with Crippen LogP contribution in [-0.4, -0.2) is 65.5 Å². The molecule has 0 aromatic rings. The quantitative estimate of drug-likeness (QED) is 0.0935. The Bertz CT molecular complexity index is 679. The number of amides is 3. The Labute approximate surface area is 189 Å². The molecule has 0 rings (SSSR count). The van der Waals surface area contributed by atoms with E-state index in [0.717, 1.165) is 0 Å². The van der Waals surface area contributed by atoms with E-state index in [9.17, 15) is 19.2 Å². The summed E-state index contributed by atoms with van der Waals surface area (Å²) in [4.78, 5) is 52.8. The number of carbonyl (C=O) groups is 4. The second-order valence-corrected chi connectivity index (χ2v) is 8.23. The number of carboxylic acid groups (broad SMARTS) is 1. The highest BCUT2D eigenvalue weighted by molar-refractivity contribution is 5.94. The Morgan fingerprint density at radius 1 is 0.906 bits per heavy atom. The molecule has 5 atom stereocenters. The van der Waals surface area contributed by atoms with E-state index in [1.54, 1.807) is 20.8 Å². The second kappa shape index (κ2) is 14.2. The third kappa shape index (κ3) is 10.4. The number of nitrogens with two attached hydrogens (primary N) is 3. The van der Waals surface area contributed by atoms with Crippen molar-refractivity contribution in [2.24, 2.45) is 34.0 Å². The largest absolute Gasteiger partial charge is 0.480 e. The van der Waals surface area contributed by atoms with Gasteiger partial charge in [-0.2, -0.15) is 0 Å². The van der Waals surface area contributed by atoms with Crippen LogP contribution in [0, 0.1) is 11.8 Å². The molecule has 0 fully saturated rings. The monoisotopic (exact) mass is 457 g/mol. The van der Waals surface area contributed by atoms with Crippen molar-refractivity contribution in [3.05, 3.63) is 0 Å². The Morgan fingerprint density at radius 2 is 1.44 bits per heavy atom. The molecule has 0 bridgehead atoms. The van der Waals surface area contributed by atoms with E-state index in [-0.39, 0.29) is 17.8 Å². The first kappa shape index (κ1) is 29.1. The van der Waals surface area contributed by atoms with Crippen molar-refractivity contribution in [2.45, 2.75) is 78.0 Å². The molecule has 0 saturated heterocycles. The van der Waals surface area contributed by atoms with Crippen molar-refractivity contribution < 1.29 is 24.3 Å². The van der Waals surface area contributed by atoms with Gasteiger partial charge in [0, 0.05) is 6.54 Å². The van der Waals surface area contributed by atoms with Crippen molar-refractivity contribution >= 4 is 29.7 Å². The lowest BCUT2D eigenvalue weighted by Gasteiger charge is -2.29. The molecule has 184 valence electrons. The summed E-state index contributed by atoms with van der Waals surface area (Å²) in [5.74, 6) is -3.44. The Balaban J connectivity index is 5.22. The molecule has 12 heteroatoms. The van der Waals surface area contributed by atoms with Gasteiger partial charge in [-0.1, -0.05) is 34.1 Å². The molecule has 12 nitrogen and oxygen atoms in total. The number of aliphatic carboxylic acids is 1. The van der Waals surface area contributed by atoms with Gasteiger partial charge in [0.15, 0.2) is 5.96 Å². The van der Waals surface area contributed by atoms with Crippen LogP contribution in [0.4, 0.5) is 0 Å². The number of nitrogens with one attached hydrogen (secondary N) is 3. The van der Waals surface area contributed by atoms with Crippen LogP contribution in [0.2, 0.25) is 0 Å². The fraction of sp³-hybridized carbons (Fsp3) is 0.750. The lowest BCUT2D eigenvalue weighted by molar-refractivity contribution is -0.142. The van der Waals surface area contributed by atoms with Gasteiger partial charge in [-0.25, -0.2) is 0 Å². The maximum absolute atomic E-state index is 13.0. The number of guanidine groups is 1. The fourth-order valence-corrected chi connectivity index (χ4v) is 2.76. The Morgan fingerprint density at radius 3 is 1.91 bits per heavy atom. The molecule has 0 aromatic carbocycles. The molecule has 5 unspecified atom stereocenters. The summed E-state index contributed by atoms with van der Waals surface area (Å²) < 4.78 is 0. The molecule has 0 aliphatic heterocycles. The minimum atomic E-state index is -1.19. The third-order valence-electron chi connectivity index (χ3n) is 5.07. The molecule has 10 N–H and O–H groups in total. The van der Waals surface area contributed by atoms with Gasteiger partial charge < -0.3 is 38.3 Å². The number of hydrogen-bond acceptors (Lipinski definition) is 6. The van der Waals surface area contributed by atoms with Crippen molar-refractivity contribution in [3.63, 3.8) is 0 Å². The highest BCUT2D eigenvalue weighted by Crippen LogP contribution is 2.11. The molecule has 0 aliphatic rings. The number of hydrogen-bond donors (Lipinski definition) is 7. The van der Waals surface area contributed by atoms with Crippen LogP contribution in [0.15, 0.2) is 4.99 Å². The van der Waals surface area contributed by atoms with E-state index in [0.29, 0.717) is 25.8 Å². The predicted octanol–water partition coefficient (Wildman–Crippen LogP) is -1.37. The minimum absolute atomic E-state index is 0.0435. The van der Waals surface area contributed by atoms with Crippen molar-refractivity contribution in [1.29, 1.82) is 0 Å². The maximum atomic E-state index is 13.0. The number of rotatable bonds is 14. The van der Waals surface area contributed by atoms with E-state index in [2.05, 4.69) is 20.9 Å². The van der Waals surface area contributed by atoms with Crippen molar-refractivity contribution in [3.8, 4) is 0 Å². The summed E-state index contributed by atoms with van der Waals surface area (Å²) in [5.41, 5.74) is 16.4. The standard InChI is InChI=1S/C20H39N7O5/c1-6-11(4)15(27-16(28)13(21)8-7-9-24-20(22)23)18(30)26-14(10(2)3)17(29)25-12(5)19(31)32/h10-15H,6-9,21H2,1-5H3,(H,25,29)(H,26,30)(H,27,28)(H,31,32)(H4,22,23,24). The Hall–Kier alpha value is -2.89. The zero-order valence-electron chi connectivity index (χ0n) is 19.6. The molecule has 0 saturated carbocycles. The zero-order valence-corrected chi connectivity index (χ0v) is 19.6. The van der Waals surface area contributed by atoms with Crippen LogP contribution in [-0.2, 0) is 19.2 Å². The smallest absolute Gasteiger partial charge is 0.325 e. The molecule has 0 aromatic heterocycles. The van der Waals surface area contributed by atoms with Gasteiger partial charge in [-0.05, 0) is 31.6 Å². The highest BCUT2D eigenvalue weighted by atomic mass is 16.4. The van der Waals surface area contributed by atoms with Gasteiger partial charge in [0.1, 0.15) is 18.1 Å². The predicted molar refractivity (Wildman–Crippen MR) is 121 cm³/mol. The summed E-state index contributed by atoms with van der Waals surface area (Å²) in [6, 6.07) is -3.85. The molecule has 32 heavy (non-hydrogen) atoms. The van der Waals surface area contributed by atoms with Gasteiger partial charge >= 0.3 is 5.97 Å². The summed E-state index contributed by atoms with van der Waals surface area (Å²) in [6.45, 7) is 8.77. The molecule has 0 spiro atoms. The van der Waals surface area contributed by atoms with E-state index in [1.165, 1.54) is 6.92 Å². The number of carboxylic acids is 1. The highest BCUT2D eigenvalue weighted by Gasteiger charge is 2.33. The van der Waals surface area contributed by atoms with Gasteiger partial charge in [-0.15, -0.1) is 0 Å². The van der Waals surface area contributed by atoms with Gasteiger partial charge in [0.25, 0.3) is 0 Å². The normalized spacial score (nSPS) is 15.6. The molecular formula is C20H39N7O5. The number of aliphatic imine (C=N–C) groups is 1. The van der Waals surface area contributed by atoms with Gasteiger partial charge in [-0.3, -0.25) is 24.2 Å². The lowest BCUT2D eigenvalue weighted by Crippen LogP contribution is -2.59. The van der Waals surface area contributed by atoms with Crippen LogP contribution >= 0.6 is 0 Å². The first-order chi connectivity index (χ1) is 14.8. The minimum Gasteiger partial charge on any atom is -0.480 e. The molecular weight excluding hydrogens is 418 g/mol. The molecule has 0 aliphatic carbocycles. The lowest BCUT2D eigenvalue weighted by atomic mass is 9.96. The second-order valence-electron chi connectivity index (χ2n) is 8.23. The topological polar surface area (TPSA) is 215 Å². The average Bonchev–Trinajstić information content (AvgIpc) is 2.71. The van der Waals surface area contributed by atoms with Crippen LogP contribution in [0.3, 0.4) is 0 Å². The maximum Gasteiger partial charge on any atom is 0.325 e. The van der Waals surface area contributed by atoms with Crippen LogP contribution in [0.25, 0.3) is 0 Å². The Kier molecular flexibility index (Phi) is 12.9. The fourth-order valence-electron chi connectivity index (χ4n) is 2.76. The van der Waals surface area contributed by atoms with Gasteiger partial charge in [0.2, 0.25) is 17.7 Å². The van der Waals surface area contributed by atoms with Crippen LogP contribution in [0.1, 0.15) is 53.9 Å². The van der Waals surface area contributed by atoms with Crippen molar-refractivity contribution in [2.75, 3.05) is 6.54 Å². The van der Waals surface area contributed by atoms with Crippen molar-refractivity contribution in [1.82, 2.24) is 16.0 Å². The van der Waals surface area contributed by atoms with E-state index >= 15 is 0 Å². The third-order valence-corrected chi connectivity index (χ3v) is 5.07.